The fraction of sp³-hybridized carbons (Fsp3) is 0.667. The highest BCUT2D eigenvalue weighted by atomic mass is 16.3. The highest BCUT2D eigenvalue weighted by molar-refractivity contribution is 5.46. The quantitative estimate of drug-likeness (QED) is 0.630. The maximum atomic E-state index is 8.91. The first-order valence-electron chi connectivity index (χ1n) is 6.03. The first-order valence-corrected chi connectivity index (χ1v) is 6.03. The lowest BCUT2D eigenvalue weighted by atomic mass is 10.1. The summed E-state index contributed by atoms with van der Waals surface area (Å²) < 4.78 is 0. The second-order valence-electron chi connectivity index (χ2n) is 4.33. The molecule has 0 saturated carbocycles. The molecule has 0 aliphatic carbocycles. The van der Waals surface area contributed by atoms with Crippen LogP contribution in [-0.2, 0) is 0 Å². The van der Waals surface area contributed by atoms with Crippen LogP contribution in [0.5, 0.6) is 0 Å². The Bertz CT molecular complexity index is 343. The molecule has 0 aliphatic rings. The Morgan fingerprint density at radius 3 is 2.88 bits per heavy atom. The van der Waals surface area contributed by atoms with E-state index in [0.29, 0.717) is 11.9 Å². The van der Waals surface area contributed by atoms with Gasteiger partial charge in [-0.05, 0) is 25.7 Å². The summed E-state index contributed by atoms with van der Waals surface area (Å²) in [4.78, 5) is 8.48. The van der Waals surface area contributed by atoms with Crippen molar-refractivity contribution in [2.24, 2.45) is 5.92 Å². The van der Waals surface area contributed by atoms with Gasteiger partial charge in [-0.2, -0.15) is 4.98 Å². The molecule has 17 heavy (non-hydrogen) atoms. The van der Waals surface area contributed by atoms with Gasteiger partial charge in [-0.25, -0.2) is 4.98 Å². The number of aliphatic hydroxyl groups is 1. The molecule has 0 aliphatic heterocycles. The van der Waals surface area contributed by atoms with E-state index in [9.17, 15) is 0 Å². The van der Waals surface area contributed by atoms with Gasteiger partial charge in [0.25, 0.3) is 0 Å². The Kier molecular flexibility index (Phi) is 5.69. The summed E-state index contributed by atoms with van der Waals surface area (Å²) in [7, 11) is 1.80. The minimum absolute atomic E-state index is 0.260. The number of hydrogen-bond acceptors (Lipinski definition) is 5. The molecule has 0 saturated heterocycles. The van der Waals surface area contributed by atoms with Crippen molar-refractivity contribution < 1.29 is 5.11 Å². The highest BCUT2D eigenvalue weighted by Crippen LogP contribution is 2.12. The maximum absolute atomic E-state index is 8.91. The lowest BCUT2D eigenvalue weighted by Gasteiger charge is -2.11. The average Bonchev–Trinajstić information content (AvgIpc) is 2.36. The van der Waals surface area contributed by atoms with Gasteiger partial charge in [-0.15, -0.1) is 0 Å². The van der Waals surface area contributed by atoms with Crippen molar-refractivity contribution in [3.8, 4) is 0 Å². The van der Waals surface area contributed by atoms with E-state index in [4.69, 9.17) is 5.11 Å². The van der Waals surface area contributed by atoms with Crippen LogP contribution in [0.4, 0.5) is 11.8 Å². The van der Waals surface area contributed by atoms with Crippen LogP contribution >= 0.6 is 0 Å². The molecule has 5 heteroatoms. The van der Waals surface area contributed by atoms with Gasteiger partial charge in [0.15, 0.2) is 0 Å². The molecule has 3 N–H and O–H groups in total. The third-order valence-corrected chi connectivity index (χ3v) is 2.67. The van der Waals surface area contributed by atoms with Crippen LogP contribution in [0, 0.1) is 12.8 Å². The Balaban J connectivity index is 2.40. The van der Waals surface area contributed by atoms with E-state index >= 15 is 0 Å². The van der Waals surface area contributed by atoms with Gasteiger partial charge in [-0.1, -0.05) is 6.92 Å². The van der Waals surface area contributed by atoms with E-state index in [2.05, 4.69) is 27.5 Å². The van der Waals surface area contributed by atoms with Gasteiger partial charge in [0.05, 0.1) is 0 Å². The highest BCUT2D eigenvalue weighted by Gasteiger charge is 2.03. The number of nitrogens with one attached hydrogen (secondary N) is 2. The minimum Gasteiger partial charge on any atom is -0.396 e. The zero-order valence-corrected chi connectivity index (χ0v) is 10.8. The molecule has 0 bridgehead atoms. The molecule has 0 fully saturated rings. The molecule has 1 aromatic rings. The van der Waals surface area contributed by atoms with Gasteiger partial charge < -0.3 is 15.7 Å². The number of aryl methyl sites for hydroxylation is 1. The average molecular weight is 238 g/mol. The van der Waals surface area contributed by atoms with Crippen molar-refractivity contribution >= 4 is 11.8 Å². The monoisotopic (exact) mass is 238 g/mol. The summed E-state index contributed by atoms with van der Waals surface area (Å²) in [6.45, 7) is 5.16. The van der Waals surface area contributed by atoms with Crippen LogP contribution < -0.4 is 10.6 Å². The second-order valence-corrected chi connectivity index (χ2v) is 4.33. The SMILES string of the molecule is CNc1ncc(C)c(NCCCC(C)CO)n1. The number of rotatable bonds is 7. The van der Waals surface area contributed by atoms with Gasteiger partial charge in [0, 0.05) is 32.0 Å². The zero-order chi connectivity index (χ0) is 12.7. The largest absolute Gasteiger partial charge is 0.396 e. The fourth-order valence-corrected chi connectivity index (χ4v) is 1.49. The Hall–Kier alpha value is -1.36. The van der Waals surface area contributed by atoms with E-state index < -0.39 is 0 Å². The fourth-order valence-electron chi connectivity index (χ4n) is 1.49. The number of nitrogens with zero attached hydrogens (tertiary/aromatic N) is 2. The van der Waals surface area contributed by atoms with Crippen molar-refractivity contribution in [2.75, 3.05) is 30.8 Å². The van der Waals surface area contributed by atoms with Gasteiger partial charge in [-0.3, -0.25) is 0 Å². The van der Waals surface area contributed by atoms with Crippen LogP contribution in [0.3, 0.4) is 0 Å². The molecule has 96 valence electrons. The van der Waals surface area contributed by atoms with E-state index in [-0.39, 0.29) is 6.61 Å². The first-order chi connectivity index (χ1) is 8.17. The lowest BCUT2D eigenvalue weighted by Crippen LogP contribution is -2.09. The topological polar surface area (TPSA) is 70.1 Å². The molecule has 1 atom stereocenters. The maximum Gasteiger partial charge on any atom is 0.224 e. The minimum atomic E-state index is 0.260. The van der Waals surface area contributed by atoms with E-state index in [0.717, 1.165) is 30.8 Å². The van der Waals surface area contributed by atoms with Crippen LogP contribution in [0.1, 0.15) is 25.3 Å². The molecule has 0 aromatic carbocycles. The molecule has 1 heterocycles. The summed E-state index contributed by atoms with van der Waals surface area (Å²) in [5, 5.41) is 15.1. The van der Waals surface area contributed by atoms with E-state index in [1.165, 1.54) is 0 Å². The summed E-state index contributed by atoms with van der Waals surface area (Å²) in [5.74, 6) is 1.87. The summed E-state index contributed by atoms with van der Waals surface area (Å²) >= 11 is 0. The normalized spacial score (nSPS) is 12.2. The van der Waals surface area contributed by atoms with Crippen LogP contribution in [0.15, 0.2) is 6.20 Å². The number of hydrogen-bond donors (Lipinski definition) is 3. The van der Waals surface area contributed by atoms with Gasteiger partial charge >= 0.3 is 0 Å². The molecular weight excluding hydrogens is 216 g/mol. The molecule has 1 unspecified atom stereocenters. The van der Waals surface area contributed by atoms with Crippen molar-refractivity contribution in [3.63, 3.8) is 0 Å². The molecular formula is C12H22N4O. The Morgan fingerprint density at radius 2 is 2.24 bits per heavy atom. The Morgan fingerprint density at radius 1 is 1.47 bits per heavy atom. The smallest absolute Gasteiger partial charge is 0.224 e. The van der Waals surface area contributed by atoms with Crippen molar-refractivity contribution in [1.29, 1.82) is 0 Å². The van der Waals surface area contributed by atoms with E-state index in [1.807, 2.05) is 6.92 Å². The predicted octanol–water partition coefficient (Wildman–Crippen LogP) is 1.65. The first kappa shape index (κ1) is 13.7. The van der Waals surface area contributed by atoms with Crippen LogP contribution in [0.2, 0.25) is 0 Å². The summed E-state index contributed by atoms with van der Waals surface area (Å²) in [6.07, 6.45) is 3.85. The number of aromatic nitrogens is 2. The molecule has 0 spiro atoms. The molecule has 1 aromatic heterocycles. The number of aliphatic hydroxyl groups excluding tert-OH is 1. The van der Waals surface area contributed by atoms with Crippen LogP contribution in [0.25, 0.3) is 0 Å². The zero-order valence-electron chi connectivity index (χ0n) is 10.8. The van der Waals surface area contributed by atoms with Gasteiger partial charge in [0.1, 0.15) is 5.82 Å². The standard InChI is InChI=1S/C12H22N4O/c1-9(8-17)5-4-6-14-11-10(2)7-15-12(13-3)16-11/h7,9,17H,4-6,8H2,1-3H3,(H2,13,14,15,16). The summed E-state index contributed by atoms with van der Waals surface area (Å²) in [5.41, 5.74) is 1.04. The van der Waals surface area contributed by atoms with Crippen LogP contribution in [-0.4, -0.2) is 35.3 Å². The predicted molar refractivity (Wildman–Crippen MR) is 70.3 cm³/mol. The number of anilines is 2. The molecule has 5 nitrogen and oxygen atoms in total. The Labute approximate surface area is 103 Å². The molecule has 0 radical (unpaired) electrons. The van der Waals surface area contributed by atoms with Gasteiger partial charge in [0.2, 0.25) is 5.95 Å². The van der Waals surface area contributed by atoms with Crippen molar-refractivity contribution in [2.45, 2.75) is 26.7 Å². The summed E-state index contributed by atoms with van der Waals surface area (Å²) in [6, 6.07) is 0. The third-order valence-electron chi connectivity index (χ3n) is 2.67. The lowest BCUT2D eigenvalue weighted by molar-refractivity contribution is 0.229. The van der Waals surface area contributed by atoms with Crippen molar-refractivity contribution in [1.82, 2.24) is 9.97 Å². The third kappa shape index (κ3) is 4.56. The van der Waals surface area contributed by atoms with Crippen molar-refractivity contribution in [3.05, 3.63) is 11.8 Å². The molecule has 0 amide bonds. The van der Waals surface area contributed by atoms with E-state index in [1.54, 1.807) is 13.2 Å². The second kappa shape index (κ2) is 7.06. The molecule has 1 rings (SSSR count).